The largest absolute Gasteiger partial charge is 0.352 e. The molecule has 43 heavy (non-hydrogen) atoms. The zero-order chi connectivity index (χ0) is 31.1. The van der Waals surface area contributed by atoms with Gasteiger partial charge in [-0.3, -0.25) is 13.9 Å². The summed E-state index contributed by atoms with van der Waals surface area (Å²) in [6, 6.07) is 18.6. The number of halogens is 1. The van der Waals surface area contributed by atoms with Gasteiger partial charge in [-0.05, 0) is 81.5 Å². The van der Waals surface area contributed by atoms with Crippen molar-refractivity contribution < 1.29 is 18.0 Å². The van der Waals surface area contributed by atoms with Gasteiger partial charge in [-0.1, -0.05) is 85.3 Å². The Balaban J connectivity index is 1.72. The quantitative estimate of drug-likeness (QED) is 0.257. The summed E-state index contributed by atoms with van der Waals surface area (Å²) in [5.41, 5.74) is 3.83. The van der Waals surface area contributed by atoms with Crippen molar-refractivity contribution in [2.75, 3.05) is 10.8 Å². The van der Waals surface area contributed by atoms with E-state index in [4.69, 9.17) is 11.6 Å². The van der Waals surface area contributed by atoms with Crippen LogP contribution >= 0.6 is 11.6 Å². The van der Waals surface area contributed by atoms with Crippen LogP contribution in [0.2, 0.25) is 5.02 Å². The molecule has 0 bridgehead atoms. The van der Waals surface area contributed by atoms with Crippen molar-refractivity contribution in [3.05, 3.63) is 94.0 Å². The molecule has 3 aromatic rings. The molecule has 0 aromatic heterocycles. The Hall–Kier alpha value is -3.36. The van der Waals surface area contributed by atoms with Gasteiger partial charge in [0.2, 0.25) is 11.8 Å². The fourth-order valence-corrected chi connectivity index (χ4v) is 7.31. The molecule has 1 aliphatic rings. The second-order valence-corrected chi connectivity index (χ2v) is 13.8. The minimum absolute atomic E-state index is 0.0763. The molecule has 230 valence electrons. The first-order valence-corrected chi connectivity index (χ1v) is 16.8. The molecule has 1 N–H and O–H groups in total. The van der Waals surface area contributed by atoms with Crippen LogP contribution in [0.1, 0.15) is 67.7 Å². The molecule has 4 rings (SSSR count). The summed E-state index contributed by atoms with van der Waals surface area (Å²) >= 11 is 6.22. The normalized spacial score (nSPS) is 14.6. The van der Waals surface area contributed by atoms with Gasteiger partial charge in [-0.25, -0.2) is 8.42 Å². The summed E-state index contributed by atoms with van der Waals surface area (Å²) in [4.78, 5) is 29.6. The van der Waals surface area contributed by atoms with Gasteiger partial charge in [0.15, 0.2) is 0 Å². The third kappa shape index (κ3) is 8.18. The highest BCUT2D eigenvalue weighted by molar-refractivity contribution is 7.92. The lowest BCUT2D eigenvalue weighted by Gasteiger charge is -2.34. The van der Waals surface area contributed by atoms with Crippen molar-refractivity contribution in [2.24, 2.45) is 0 Å². The van der Waals surface area contributed by atoms with Crippen LogP contribution in [0.5, 0.6) is 0 Å². The molecule has 1 atom stereocenters. The van der Waals surface area contributed by atoms with Gasteiger partial charge in [0, 0.05) is 17.6 Å². The SMILES string of the molecule is CCC(C(=O)NC1CCCCC1)N(Cc1ccc(C)cc1)C(=O)CN(c1ccc(Cl)cc1C)S(=O)(=O)c1ccc(C)cc1. The third-order valence-electron chi connectivity index (χ3n) is 8.13. The number of carbonyl (C=O) groups excluding carboxylic acids is 2. The van der Waals surface area contributed by atoms with Crippen molar-refractivity contribution in [3.8, 4) is 0 Å². The Morgan fingerprint density at radius 3 is 2.09 bits per heavy atom. The zero-order valence-electron chi connectivity index (χ0n) is 25.5. The Bertz CT molecular complexity index is 1520. The van der Waals surface area contributed by atoms with Crippen molar-refractivity contribution >= 4 is 39.1 Å². The monoisotopic (exact) mass is 623 g/mol. The van der Waals surface area contributed by atoms with Crippen LogP contribution < -0.4 is 9.62 Å². The van der Waals surface area contributed by atoms with Crippen LogP contribution in [0.15, 0.2) is 71.6 Å². The van der Waals surface area contributed by atoms with E-state index in [-0.39, 0.29) is 23.4 Å². The van der Waals surface area contributed by atoms with Crippen LogP contribution in [0, 0.1) is 20.8 Å². The molecule has 1 unspecified atom stereocenters. The van der Waals surface area contributed by atoms with Gasteiger partial charge < -0.3 is 10.2 Å². The van der Waals surface area contributed by atoms with Crippen molar-refractivity contribution in [1.82, 2.24) is 10.2 Å². The van der Waals surface area contributed by atoms with Crippen molar-refractivity contribution in [3.63, 3.8) is 0 Å². The molecule has 1 fully saturated rings. The molecule has 9 heteroatoms. The lowest BCUT2D eigenvalue weighted by molar-refractivity contribution is -0.140. The summed E-state index contributed by atoms with van der Waals surface area (Å²) in [7, 11) is -4.15. The molecule has 0 spiro atoms. The number of benzene rings is 3. The molecule has 0 saturated heterocycles. The molecule has 7 nitrogen and oxygen atoms in total. The van der Waals surface area contributed by atoms with Crippen LogP contribution in [0.25, 0.3) is 0 Å². The Labute approximate surface area is 261 Å². The number of nitrogens with zero attached hydrogens (tertiary/aromatic N) is 2. The van der Waals surface area contributed by atoms with E-state index in [2.05, 4.69) is 5.32 Å². The average molecular weight is 624 g/mol. The zero-order valence-corrected chi connectivity index (χ0v) is 27.0. The molecule has 1 saturated carbocycles. The van der Waals surface area contributed by atoms with Crippen LogP contribution in [0.3, 0.4) is 0 Å². The van der Waals surface area contributed by atoms with E-state index in [0.717, 1.165) is 53.1 Å². The third-order valence-corrected chi connectivity index (χ3v) is 10.1. The average Bonchev–Trinajstić information content (AvgIpc) is 2.98. The Morgan fingerprint density at radius 1 is 0.907 bits per heavy atom. The van der Waals surface area contributed by atoms with E-state index in [1.54, 1.807) is 49.4 Å². The summed E-state index contributed by atoms with van der Waals surface area (Å²) in [6.07, 6.45) is 5.54. The number of anilines is 1. The maximum Gasteiger partial charge on any atom is 0.264 e. The van der Waals surface area contributed by atoms with Gasteiger partial charge >= 0.3 is 0 Å². The summed E-state index contributed by atoms with van der Waals surface area (Å²) in [5, 5.41) is 3.65. The smallest absolute Gasteiger partial charge is 0.264 e. The van der Waals surface area contributed by atoms with Gasteiger partial charge in [0.1, 0.15) is 12.6 Å². The highest BCUT2D eigenvalue weighted by atomic mass is 35.5. The minimum Gasteiger partial charge on any atom is -0.352 e. The summed E-state index contributed by atoms with van der Waals surface area (Å²) < 4.78 is 29.4. The number of hydrogen-bond donors (Lipinski definition) is 1. The van der Waals surface area contributed by atoms with Gasteiger partial charge in [-0.15, -0.1) is 0 Å². The highest BCUT2D eigenvalue weighted by Gasteiger charge is 2.35. The standard InChI is InChI=1S/C34H42ClN3O4S/c1-5-31(34(40)36-29-9-7-6-8-10-29)37(22-27-15-11-24(2)12-16-27)33(39)23-38(32-20-17-28(35)21-26(32)4)43(41,42)30-18-13-25(3)14-19-30/h11-21,29,31H,5-10,22-23H2,1-4H3,(H,36,40). The fraction of sp³-hybridized carbons (Fsp3) is 0.412. The lowest BCUT2D eigenvalue weighted by Crippen LogP contribution is -2.54. The van der Waals surface area contributed by atoms with Crippen molar-refractivity contribution in [2.45, 2.75) is 89.7 Å². The molecule has 0 aliphatic heterocycles. The molecule has 2 amide bonds. The predicted octanol–water partition coefficient (Wildman–Crippen LogP) is 6.72. The number of nitrogens with one attached hydrogen (secondary N) is 1. The second kappa shape index (κ2) is 14.4. The second-order valence-electron chi connectivity index (χ2n) is 11.5. The Morgan fingerprint density at radius 2 is 1.51 bits per heavy atom. The first kappa shape index (κ1) is 32.6. The highest BCUT2D eigenvalue weighted by Crippen LogP contribution is 2.30. The Kier molecular flexibility index (Phi) is 10.9. The number of rotatable bonds is 11. The minimum atomic E-state index is -4.15. The molecule has 3 aromatic carbocycles. The van der Waals surface area contributed by atoms with Crippen LogP contribution in [-0.2, 0) is 26.2 Å². The molecular formula is C34H42ClN3O4S. The van der Waals surface area contributed by atoms with E-state index < -0.39 is 28.5 Å². The maximum absolute atomic E-state index is 14.3. The fourth-order valence-electron chi connectivity index (χ4n) is 5.60. The predicted molar refractivity (Wildman–Crippen MR) is 173 cm³/mol. The van der Waals surface area contributed by atoms with Crippen LogP contribution in [0.4, 0.5) is 5.69 Å². The number of hydrogen-bond acceptors (Lipinski definition) is 4. The van der Waals surface area contributed by atoms with Gasteiger partial charge in [-0.2, -0.15) is 0 Å². The number of sulfonamides is 1. The van der Waals surface area contributed by atoms with E-state index in [1.807, 2.05) is 45.0 Å². The summed E-state index contributed by atoms with van der Waals surface area (Å²) in [5.74, 6) is -0.665. The molecule has 0 heterocycles. The summed E-state index contributed by atoms with van der Waals surface area (Å²) in [6.45, 7) is 7.21. The van der Waals surface area contributed by atoms with E-state index >= 15 is 0 Å². The van der Waals surface area contributed by atoms with E-state index in [9.17, 15) is 18.0 Å². The number of carbonyl (C=O) groups is 2. The number of amides is 2. The maximum atomic E-state index is 14.3. The van der Waals surface area contributed by atoms with Crippen molar-refractivity contribution in [1.29, 1.82) is 0 Å². The molecular weight excluding hydrogens is 582 g/mol. The number of aryl methyl sites for hydroxylation is 3. The molecule has 1 aliphatic carbocycles. The first-order chi connectivity index (χ1) is 20.5. The van der Waals surface area contributed by atoms with E-state index in [0.29, 0.717) is 22.7 Å². The first-order valence-electron chi connectivity index (χ1n) is 15.0. The van der Waals surface area contributed by atoms with Crippen LogP contribution in [-0.4, -0.2) is 43.8 Å². The van der Waals surface area contributed by atoms with Gasteiger partial charge in [0.05, 0.1) is 10.6 Å². The molecule has 0 radical (unpaired) electrons. The topological polar surface area (TPSA) is 86.8 Å². The lowest BCUT2D eigenvalue weighted by atomic mass is 9.95. The van der Waals surface area contributed by atoms with E-state index in [1.165, 1.54) is 4.90 Å². The van der Waals surface area contributed by atoms with Gasteiger partial charge in [0.25, 0.3) is 10.0 Å².